The van der Waals surface area contributed by atoms with Gasteiger partial charge in [0.15, 0.2) is 0 Å². The van der Waals surface area contributed by atoms with Gasteiger partial charge in [-0.15, -0.1) is 5.92 Å². The number of hydrogen-bond acceptors (Lipinski definition) is 1. The van der Waals surface area contributed by atoms with Crippen molar-refractivity contribution in [3.05, 3.63) is 106 Å². The van der Waals surface area contributed by atoms with E-state index in [0.29, 0.717) is 12.0 Å². The molecule has 1 N–H and O–H groups in total. The molecule has 0 amide bonds. The van der Waals surface area contributed by atoms with Crippen molar-refractivity contribution >= 4 is 0 Å². The van der Waals surface area contributed by atoms with Gasteiger partial charge in [-0.2, -0.15) is 12.5 Å². The van der Waals surface area contributed by atoms with Crippen molar-refractivity contribution < 1.29 is 31.3 Å². The fourth-order valence-corrected chi connectivity index (χ4v) is 2.51. The predicted molar refractivity (Wildman–Crippen MR) is 91.2 cm³/mol. The van der Waals surface area contributed by atoms with Crippen molar-refractivity contribution in [2.45, 2.75) is 25.2 Å². The van der Waals surface area contributed by atoms with Gasteiger partial charge in [-0.05, 0) is 64.2 Å². The van der Waals surface area contributed by atoms with E-state index in [1.807, 2.05) is 82.4 Å². The third-order valence-corrected chi connectivity index (χ3v) is 3.64. The maximum absolute atomic E-state index is 9.56. The third-order valence-electron chi connectivity index (χ3n) is 3.64. The number of aliphatic hydroxyl groups excluding tert-OH is 1. The van der Waals surface area contributed by atoms with Gasteiger partial charge in [0.25, 0.3) is 0 Å². The van der Waals surface area contributed by atoms with Crippen LogP contribution in [0.25, 0.3) is 0 Å². The molecule has 2 heteroatoms. The normalized spacial score (nSPS) is 23.3. The van der Waals surface area contributed by atoms with Gasteiger partial charge < -0.3 is 5.11 Å². The molecular formula is C21H23OZr-. The fraction of sp³-hybridized carbons (Fsp3) is 0.190. The fourth-order valence-electron chi connectivity index (χ4n) is 2.51. The molecule has 1 nitrogen and oxygen atoms in total. The Labute approximate surface area is 162 Å². The molecule has 1 unspecified atom stereocenters. The monoisotopic (exact) mass is 381 g/mol. The van der Waals surface area contributed by atoms with E-state index in [1.165, 1.54) is 5.56 Å². The minimum absolute atomic E-state index is 0. The summed E-state index contributed by atoms with van der Waals surface area (Å²) in [4.78, 5) is 0. The van der Waals surface area contributed by atoms with Crippen molar-refractivity contribution in [1.82, 2.24) is 0 Å². The summed E-state index contributed by atoms with van der Waals surface area (Å²) in [5.41, 5.74) is 1.26. The van der Waals surface area contributed by atoms with Crippen LogP contribution in [0.2, 0.25) is 0 Å². The first-order chi connectivity index (χ1) is 10.9. The second-order valence-corrected chi connectivity index (χ2v) is 5.27. The van der Waals surface area contributed by atoms with E-state index in [4.69, 9.17) is 0 Å². The molecule has 0 aromatic heterocycles. The Hall–Kier alpha value is 0.0631. The van der Waals surface area contributed by atoms with E-state index in [-0.39, 0.29) is 26.2 Å². The Balaban J connectivity index is 0.000000200. The van der Waals surface area contributed by atoms with Crippen molar-refractivity contribution in [3.63, 3.8) is 0 Å². The summed E-state index contributed by atoms with van der Waals surface area (Å²) in [6.07, 6.45) is 23.8. The van der Waals surface area contributed by atoms with Crippen LogP contribution in [0.1, 0.15) is 30.7 Å². The molecular weight excluding hydrogens is 359 g/mol. The SMILES string of the molecule is O[C-]1CCCC1c1ccccc1.[CH]1[CH][CH][CH][CH]1.[CH]1[CH][CH][CH][CH]1.[Zr]. The van der Waals surface area contributed by atoms with Crippen LogP contribution in [0, 0.1) is 70.3 Å². The largest absolute Gasteiger partial charge is 0.562 e. The van der Waals surface area contributed by atoms with Gasteiger partial charge in [0.2, 0.25) is 0 Å². The Bertz CT molecular complexity index is 345. The minimum atomic E-state index is 0. The number of aliphatic hydroxyl groups is 1. The number of hydrogen-bond donors (Lipinski definition) is 1. The minimum Gasteiger partial charge on any atom is -0.562 e. The molecule has 3 fully saturated rings. The average Bonchev–Trinajstić information content (AvgIpc) is 3.33. The summed E-state index contributed by atoms with van der Waals surface area (Å²) < 4.78 is 0. The van der Waals surface area contributed by atoms with Crippen LogP contribution < -0.4 is 0 Å². The molecule has 0 heterocycles. The van der Waals surface area contributed by atoms with E-state index in [1.54, 1.807) is 0 Å². The zero-order valence-electron chi connectivity index (χ0n) is 13.3. The van der Waals surface area contributed by atoms with Crippen molar-refractivity contribution in [2.75, 3.05) is 0 Å². The molecule has 0 saturated heterocycles. The average molecular weight is 383 g/mol. The number of benzene rings is 1. The Kier molecular flexibility index (Phi) is 12.3. The topological polar surface area (TPSA) is 20.2 Å². The van der Waals surface area contributed by atoms with Gasteiger partial charge in [-0.1, -0.05) is 48.7 Å². The van der Waals surface area contributed by atoms with Gasteiger partial charge in [0.1, 0.15) is 0 Å². The summed E-state index contributed by atoms with van der Waals surface area (Å²) in [5.74, 6) is 0.311. The molecule has 3 aliphatic carbocycles. The van der Waals surface area contributed by atoms with Crippen LogP contribution in [0.3, 0.4) is 0 Å². The predicted octanol–water partition coefficient (Wildman–Crippen LogP) is 4.90. The van der Waals surface area contributed by atoms with Crippen LogP contribution in [0.4, 0.5) is 0 Å². The molecule has 118 valence electrons. The molecule has 1 aromatic rings. The summed E-state index contributed by atoms with van der Waals surface area (Å²) in [7, 11) is 0. The van der Waals surface area contributed by atoms with Crippen molar-refractivity contribution in [1.29, 1.82) is 0 Å². The molecule has 4 rings (SSSR count). The Morgan fingerprint density at radius 2 is 1.17 bits per heavy atom. The molecule has 10 radical (unpaired) electrons. The van der Waals surface area contributed by atoms with Gasteiger partial charge >= 0.3 is 0 Å². The van der Waals surface area contributed by atoms with E-state index in [2.05, 4.69) is 12.1 Å². The maximum atomic E-state index is 9.56. The van der Waals surface area contributed by atoms with E-state index in [9.17, 15) is 5.11 Å². The zero-order chi connectivity index (χ0) is 15.5. The quantitative estimate of drug-likeness (QED) is 0.685. The molecule has 3 aliphatic rings. The second kappa shape index (κ2) is 13.4. The van der Waals surface area contributed by atoms with Gasteiger partial charge in [0, 0.05) is 26.2 Å². The molecule has 1 aromatic carbocycles. The van der Waals surface area contributed by atoms with Crippen LogP contribution in [-0.2, 0) is 26.2 Å². The van der Waals surface area contributed by atoms with Crippen molar-refractivity contribution in [2.24, 2.45) is 0 Å². The molecule has 0 bridgehead atoms. The zero-order valence-corrected chi connectivity index (χ0v) is 15.8. The molecule has 3 saturated carbocycles. The van der Waals surface area contributed by atoms with Gasteiger partial charge in [-0.25, -0.2) is 0 Å². The molecule has 23 heavy (non-hydrogen) atoms. The van der Waals surface area contributed by atoms with Crippen LogP contribution >= 0.6 is 0 Å². The van der Waals surface area contributed by atoms with Crippen LogP contribution in [0.15, 0.2) is 30.3 Å². The Morgan fingerprint density at radius 3 is 1.52 bits per heavy atom. The smallest absolute Gasteiger partial charge is 0 e. The molecule has 1 atom stereocenters. The summed E-state index contributed by atoms with van der Waals surface area (Å²) in [5, 5.41) is 9.56. The van der Waals surface area contributed by atoms with Crippen molar-refractivity contribution in [3.8, 4) is 0 Å². The Morgan fingerprint density at radius 1 is 0.739 bits per heavy atom. The first-order valence-corrected chi connectivity index (χ1v) is 7.81. The van der Waals surface area contributed by atoms with Crippen LogP contribution in [0.5, 0.6) is 0 Å². The van der Waals surface area contributed by atoms with E-state index < -0.39 is 0 Å². The third kappa shape index (κ3) is 8.64. The van der Waals surface area contributed by atoms with Gasteiger partial charge in [0.05, 0.1) is 0 Å². The molecule has 0 aliphatic heterocycles. The first-order valence-electron chi connectivity index (χ1n) is 7.81. The summed E-state index contributed by atoms with van der Waals surface area (Å²) >= 11 is 0. The molecule has 0 spiro atoms. The number of rotatable bonds is 1. The van der Waals surface area contributed by atoms with E-state index in [0.717, 1.165) is 19.3 Å². The second-order valence-electron chi connectivity index (χ2n) is 5.27. The first kappa shape index (κ1) is 21.1. The summed E-state index contributed by atoms with van der Waals surface area (Å²) in [6, 6.07) is 10.2. The standard InChI is InChI=1S/C11H13O.2C5H5.Zr/c12-11-8-4-7-10(11)9-5-2-1-3-6-9;2*1-2-4-5-3-1;/h1-3,5-6,10,12H,4,7-8H2;2*1-5H;/q-1;;;. The maximum Gasteiger partial charge on any atom is 0 e. The summed E-state index contributed by atoms with van der Waals surface area (Å²) in [6.45, 7) is 0. The van der Waals surface area contributed by atoms with E-state index >= 15 is 0 Å². The van der Waals surface area contributed by atoms with Crippen LogP contribution in [-0.4, -0.2) is 5.11 Å². The van der Waals surface area contributed by atoms with Gasteiger partial charge in [-0.3, -0.25) is 0 Å².